The molecule has 2 saturated heterocycles. The fourth-order valence-electron chi connectivity index (χ4n) is 3.52. The smallest absolute Gasteiger partial charge is 0.248 e. The molecule has 0 bridgehead atoms. The molecule has 0 aliphatic carbocycles. The van der Waals surface area contributed by atoms with Crippen LogP contribution < -0.4 is 17.0 Å². The van der Waals surface area contributed by atoms with E-state index in [1.54, 1.807) is 0 Å². The molecule has 1 aromatic rings. The number of hydrogen-bond acceptors (Lipinski definition) is 2. The highest BCUT2D eigenvalue weighted by molar-refractivity contribution is 6.30. The zero-order valence-electron chi connectivity index (χ0n) is 11.7. The van der Waals surface area contributed by atoms with Crippen LogP contribution in [0.2, 0.25) is 5.02 Å². The number of nitrogens with zero attached hydrogens (tertiary/aromatic N) is 1. The van der Waals surface area contributed by atoms with Gasteiger partial charge in [-0.15, -0.1) is 0 Å². The SMILES string of the molecule is CC1OC(O)(c2ccc(Cl)cc2)C[N+]12CCCCC2.[Br-]. The molecule has 112 valence electrons. The number of benzene rings is 1. The second-order valence-corrected chi connectivity index (χ2v) is 6.33. The normalized spacial score (nSPS) is 32.0. The summed E-state index contributed by atoms with van der Waals surface area (Å²) in [6.07, 6.45) is 3.81. The number of hydrogen-bond donors (Lipinski definition) is 1. The van der Waals surface area contributed by atoms with Gasteiger partial charge in [0.05, 0.1) is 13.1 Å². The summed E-state index contributed by atoms with van der Waals surface area (Å²) in [6.45, 7) is 4.95. The Morgan fingerprint density at radius 2 is 1.80 bits per heavy atom. The zero-order chi connectivity index (χ0) is 13.5. The Hall–Kier alpha value is -0.130. The molecular weight excluding hydrogens is 342 g/mol. The van der Waals surface area contributed by atoms with Crippen molar-refractivity contribution in [1.82, 2.24) is 0 Å². The van der Waals surface area contributed by atoms with Crippen molar-refractivity contribution >= 4 is 11.6 Å². The van der Waals surface area contributed by atoms with Gasteiger partial charge in [0.15, 0.2) is 6.23 Å². The molecule has 5 heteroatoms. The monoisotopic (exact) mass is 361 g/mol. The predicted octanol–water partition coefficient (Wildman–Crippen LogP) is -0.134. The van der Waals surface area contributed by atoms with Gasteiger partial charge < -0.3 is 22.1 Å². The van der Waals surface area contributed by atoms with Gasteiger partial charge in [0.2, 0.25) is 5.79 Å². The molecular formula is C15H21BrClNO2. The van der Waals surface area contributed by atoms with Gasteiger partial charge in [-0.1, -0.05) is 23.7 Å². The summed E-state index contributed by atoms with van der Waals surface area (Å²) in [6, 6.07) is 7.34. The van der Waals surface area contributed by atoms with Crippen LogP contribution in [0, 0.1) is 0 Å². The van der Waals surface area contributed by atoms with E-state index in [0.29, 0.717) is 11.6 Å². The molecule has 0 saturated carbocycles. The molecule has 2 unspecified atom stereocenters. The maximum Gasteiger partial charge on any atom is 0.248 e. The maximum absolute atomic E-state index is 10.9. The van der Waals surface area contributed by atoms with Crippen molar-refractivity contribution in [3.63, 3.8) is 0 Å². The van der Waals surface area contributed by atoms with Crippen LogP contribution >= 0.6 is 11.6 Å². The first-order chi connectivity index (χ1) is 9.04. The first-order valence-corrected chi connectivity index (χ1v) is 7.44. The van der Waals surface area contributed by atoms with E-state index in [1.807, 2.05) is 24.3 Å². The Kier molecular flexibility index (Phi) is 4.82. The minimum absolute atomic E-state index is 0. The van der Waals surface area contributed by atoms with Crippen molar-refractivity contribution in [3.05, 3.63) is 34.9 Å². The highest BCUT2D eigenvalue weighted by Gasteiger charge is 2.54. The van der Waals surface area contributed by atoms with Crippen LogP contribution in [-0.4, -0.2) is 35.5 Å². The Labute approximate surface area is 135 Å². The van der Waals surface area contributed by atoms with E-state index in [-0.39, 0.29) is 23.2 Å². The van der Waals surface area contributed by atoms with Gasteiger partial charge in [0, 0.05) is 17.5 Å². The van der Waals surface area contributed by atoms with Crippen LogP contribution in [-0.2, 0) is 10.5 Å². The number of rotatable bonds is 1. The molecule has 1 aromatic carbocycles. The molecule has 20 heavy (non-hydrogen) atoms. The molecule has 3 nitrogen and oxygen atoms in total. The van der Waals surface area contributed by atoms with Crippen LogP contribution in [0.25, 0.3) is 0 Å². The van der Waals surface area contributed by atoms with E-state index >= 15 is 0 Å². The second-order valence-electron chi connectivity index (χ2n) is 5.89. The third kappa shape index (κ3) is 2.77. The van der Waals surface area contributed by atoms with E-state index in [4.69, 9.17) is 16.3 Å². The lowest BCUT2D eigenvalue weighted by Crippen LogP contribution is -3.00. The van der Waals surface area contributed by atoms with Crippen molar-refractivity contribution in [1.29, 1.82) is 0 Å². The number of piperidine rings is 1. The summed E-state index contributed by atoms with van der Waals surface area (Å²) >= 11 is 5.91. The van der Waals surface area contributed by atoms with Crippen LogP contribution in [0.15, 0.2) is 24.3 Å². The van der Waals surface area contributed by atoms with Crippen molar-refractivity contribution in [2.45, 2.75) is 38.2 Å². The summed E-state index contributed by atoms with van der Waals surface area (Å²) in [7, 11) is 0. The average molecular weight is 363 g/mol. The predicted molar refractivity (Wildman–Crippen MR) is 74.6 cm³/mol. The quantitative estimate of drug-likeness (QED) is 0.705. The van der Waals surface area contributed by atoms with Gasteiger partial charge in [-0.05, 0) is 31.4 Å². The molecule has 0 amide bonds. The number of halogens is 2. The largest absolute Gasteiger partial charge is 1.00 e. The maximum atomic E-state index is 10.9. The van der Waals surface area contributed by atoms with Gasteiger partial charge >= 0.3 is 0 Å². The van der Waals surface area contributed by atoms with Crippen LogP contribution in [0.4, 0.5) is 0 Å². The Morgan fingerprint density at radius 1 is 1.20 bits per heavy atom. The van der Waals surface area contributed by atoms with Crippen LogP contribution in [0.5, 0.6) is 0 Å². The zero-order valence-corrected chi connectivity index (χ0v) is 14.0. The van der Waals surface area contributed by atoms with Crippen molar-refractivity contribution < 1.29 is 31.3 Å². The summed E-state index contributed by atoms with van der Waals surface area (Å²) in [5.41, 5.74) is 0.810. The van der Waals surface area contributed by atoms with E-state index in [0.717, 1.165) is 23.1 Å². The third-order valence-corrected chi connectivity index (χ3v) is 4.92. The first-order valence-electron chi connectivity index (χ1n) is 7.06. The van der Waals surface area contributed by atoms with Crippen LogP contribution in [0.1, 0.15) is 31.7 Å². The average Bonchev–Trinajstić information content (AvgIpc) is 2.63. The fraction of sp³-hybridized carbons (Fsp3) is 0.600. The number of quaternary nitrogens is 1. The van der Waals surface area contributed by atoms with Crippen LogP contribution in [0.3, 0.4) is 0 Å². The standard InChI is InChI=1S/C15H21ClNO2.BrH/c1-12-17(9-3-2-4-10-17)11-15(18,19-12)13-5-7-14(16)8-6-13;/h5-8,12,18H,2-4,9-11H2,1H3;1H/q+1;/p-1. The lowest BCUT2D eigenvalue weighted by molar-refractivity contribution is -0.953. The molecule has 2 atom stereocenters. The Balaban J connectivity index is 0.00000147. The summed E-state index contributed by atoms with van der Waals surface area (Å²) in [4.78, 5) is 0. The first kappa shape index (κ1) is 16.2. The van der Waals surface area contributed by atoms with E-state index < -0.39 is 5.79 Å². The van der Waals surface area contributed by atoms with Crippen molar-refractivity contribution in [2.75, 3.05) is 19.6 Å². The number of aliphatic hydroxyl groups is 1. The van der Waals surface area contributed by atoms with E-state index in [1.165, 1.54) is 19.3 Å². The molecule has 0 radical (unpaired) electrons. The van der Waals surface area contributed by atoms with Gasteiger partial charge in [-0.25, -0.2) is 0 Å². The lowest BCUT2D eigenvalue weighted by Gasteiger charge is -2.39. The molecule has 2 heterocycles. The molecule has 1 spiro atoms. The second kappa shape index (κ2) is 5.93. The molecule has 2 fully saturated rings. The molecule has 2 aliphatic rings. The summed E-state index contributed by atoms with van der Waals surface area (Å²) in [5.74, 6) is -1.17. The van der Waals surface area contributed by atoms with Gasteiger partial charge in [0.1, 0.15) is 6.54 Å². The molecule has 0 aromatic heterocycles. The Bertz CT molecular complexity index is 461. The Morgan fingerprint density at radius 3 is 2.40 bits per heavy atom. The fourth-order valence-corrected chi connectivity index (χ4v) is 3.65. The van der Waals surface area contributed by atoms with E-state index in [9.17, 15) is 5.11 Å². The topological polar surface area (TPSA) is 29.5 Å². The highest BCUT2D eigenvalue weighted by Crippen LogP contribution is 2.40. The minimum Gasteiger partial charge on any atom is -1.00 e. The molecule has 3 rings (SSSR count). The minimum atomic E-state index is -1.17. The summed E-state index contributed by atoms with van der Waals surface area (Å²) < 4.78 is 6.84. The third-order valence-electron chi connectivity index (χ3n) is 4.67. The van der Waals surface area contributed by atoms with Crippen molar-refractivity contribution in [3.8, 4) is 0 Å². The lowest BCUT2D eigenvalue weighted by atomic mass is 10.0. The summed E-state index contributed by atoms with van der Waals surface area (Å²) in [5, 5.41) is 11.5. The van der Waals surface area contributed by atoms with Gasteiger partial charge in [-0.3, -0.25) is 9.22 Å². The van der Waals surface area contributed by atoms with Gasteiger partial charge in [-0.2, -0.15) is 0 Å². The molecule has 2 aliphatic heterocycles. The van der Waals surface area contributed by atoms with Crippen molar-refractivity contribution in [2.24, 2.45) is 0 Å². The van der Waals surface area contributed by atoms with E-state index in [2.05, 4.69) is 6.92 Å². The van der Waals surface area contributed by atoms with Gasteiger partial charge in [0.25, 0.3) is 0 Å². The highest BCUT2D eigenvalue weighted by atomic mass is 79.9. The molecule has 1 N–H and O–H groups in total. The number of ether oxygens (including phenoxy) is 1.